The minimum Gasteiger partial charge on any atom is -0.398 e. The third-order valence-corrected chi connectivity index (χ3v) is 2.83. The first-order chi connectivity index (χ1) is 6.12. The van der Waals surface area contributed by atoms with Crippen molar-refractivity contribution in [2.24, 2.45) is 5.73 Å². The van der Waals surface area contributed by atoms with Gasteiger partial charge in [0.1, 0.15) is 0 Å². The molecule has 0 saturated carbocycles. The van der Waals surface area contributed by atoms with Gasteiger partial charge in [-0.3, -0.25) is 0 Å². The quantitative estimate of drug-likeness (QED) is 0.586. The molecule has 0 aromatic rings. The molecule has 0 aromatic heterocycles. The monoisotopic (exact) mass is 176 g/mol. The number of hydrogen-bond acceptors (Lipinski definition) is 2. The summed E-state index contributed by atoms with van der Waals surface area (Å²) in [7, 11) is 0. The van der Waals surface area contributed by atoms with Crippen LogP contribution in [0.25, 0.3) is 0 Å². The number of nitrogens with two attached hydrogens (primary N) is 1. The molecule has 0 bridgehead atoms. The highest BCUT2D eigenvalue weighted by Gasteiger charge is 2.33. The Balaban J connectivity index is 2.46. The molecule has 0 aromatic carbocycles. The van der Waals surface area contributed by atoms with E-state index in [1.807, 2.05) is 6.08 Å². The van der Waals surface area contributed by atoms with Crippen molar-refractivity contribution in [3.05, 3.63) is 35.6 Å². The molecule has 0 amide bonds. The van der Waals surface area contributed by atoms with Gasteiger partial charge in [-0.1, -0.05) is 18.2 Å². The van der Waals surface area contributed by atoms with Gasteiger partial charge >= 0.3 is 0 Å². The van der Waals surface area contributed by atoms with Gasteiger partial charge in [-0.05, 0) is 31.9 Å². The predicted molar refractivity (Wildman–Crippen MR) is 55.1 cm³/mol. The van der Waals surface area contributed by atoms with Gasteiger partial charge in [0.2, 0.25) is 0 Å². The van der Waals surface area contributed by atoms with E-state index in [2.05, 4.69) is 37.4 Å². The lowest BCUT2D eigenvalue weighted by Crippen LogP contribution is -2.51. The fourth-order valence-electron chi connectivity index (χ4n) is 2.15. The Hall–Kier alpha value is -1.02. The van der Waals surface area contributed by atoms with E-state index in [0.717, 1.165) is 12.1 Å². The van der Waals surface area contributed by atoms with Crippen molar-refractivity contribution in [3.8, 4) is 0 Å². The summed E-state index contributed by atoms with van der Waals surface area (Å²) in [5.74, 6) is 0. The number of fused-ring (bicyclic) bond motifs is 1. The molecule has 1 heterocycles. The second-order valence-electron chi connectivity index (χ2n) is 4.10. The molecule has 1 aliphatic carbocycles. The van der Waals surface area contributed by atoms with Crippen LogP contribution in [-0.4, -0.2) is 11.6 Å². The molecule has 2 nitrogen and oxygen atoms in total. The van der Waals surface area contributed by atoms with Crippen LogP contribution in [-0.2, 0) is 0 Å². The van der Waals surface area contributed by atoms with E-state index in [9.17, 15) is 0 Å². The maximum Gasteiger partial charge on any atom is 0.0465 e. The molecular weight excluding hydrogens is 160 g/mol. The van der Waals surface area contributed by atoms with Crippen molar-refractivity contribution in [3.63, 3.8) is 0 Å². The molecule has 2 heteroatoms. The van der Waals surface area contributed by atoms with Gasteiger partial charge in [0.05, 0.1) is 0 Å². The van der Waals surface area contributed by atoms with Crippen molar-refractivity contribution in [1.82, 2.24) is 5.32 Å². The van der Waals surface area contributed by atoms with Gasteiger partial charge in [0, 0.05) is 17.3 Å². The van der Waals surface area contributed by atoms with Gasteiger partial charge < -0.3 is 11.1 Å². The molecule has 0 fully saturated rings. The smallest absolute Gasteiger partial charge is 0.0465 e. The van der Waals surface area contributed by atoms with Crippen LogP contribution in [0.15, 0.2) is 35.6 Å². The first-order valence-electron chi connectivity index (χ1n) is 4.74. The molecule has 2 atom stereocenters. The van der Waals surface area contributed by atoms with Crippen LogP contribution in [0.2, 0.25) is 0 Å². The summed E-state index contributed by atoms with van der Waals surface area (Å²) >= 11 is 0. The summed E-state index contributed by atoms with van der Waals surface area (Å²) in [6.45, 7) is 4.37. The summed E-state index contributed by atoms with van der Waals surface area (Å²) in [6, 6.07) is 0.438. The third-order valence-electron chi connectivity index (χ3n) is 2.83. The number of rotatable bonds is 0. The van der Waals surface area contributed by atoms with Crippen LogP contribution < -0.4 is 11.1 Å². The average molecular weight is 176 g/mol. The first kappa shape index (κ1) is 8.57. The Bertz CT molecular complexity index is 312. The zero-order chi connectivity index (χ0) is 9.47. The summed E-state index contributed by atoms with van der Waals surface area (Å²) in [5, 5.41) is 3.55. The van der Waals surface area contributed by atoms with Crippen LogP contribution in [0.3, 0.4) is 0 Å². The molecule has 3 N–H and O–H groups in total. The highest BCUT2D eigenvalue weighted by molar-refractivity contribution is 5.45. The molecule has 0 radical (unpaired) electrons. The lowest BCUT2D eigenvalue weighted by atomic mass is 9.80. The molecule has 2 aliphatic rings. The van der Waals surface area contributed by atoms with Gasteiger partial charge in [0.25, 0.3) is 0 Å². The van der Waals surface area contributed by atoms with Crippen LogP contribution in [0.4, 0.5) is 0 Å². The Morgan fingerprint density at radius 1 is 1.54 bits per heavy atom. The third kappa shape index (κ3) is 1.31. The predicted octanol–water partition coefficient (Wildman–Crippen LogP) is 1.47. The Morgan fingerprint density at radius 3 is 3.08 bits per heavy atom. The fourth-order valence-corrected chi connectivity index (χ4v) is 2.15. The fraction of sp³-hybridized carbons (Fsp3) is 0.455. The zero-order valence-electron chi connectivity index (χ0n) is 8.17. The van der Waals surface area contributed by atoms with Crippen molar-refractivity contribution < 1.29 is 0 Å². The maximum atomic E-state index is 5.92. The molecular formula is C11H16N2. The Labute approximate surface area is 79.2 Å². The van der Waals surface area contributed by atoms with Crippen molar-refractivity contribution >= 4 is 0 Å². The first-order valence-corrected chi connectivity index (χ1v) is 4.74. The van der Waals surface area contributed by atoms with Crippen LogP contribution in [0, 0.1) is 0 Å². The van der Waals surface area contributed by atoms with Gasteiger partial charge in [0.15, 0.2) is 0 Å². The molecule has 13 heavy (non-hydrogen) atoms. The zero-order valence-corrected chi connectivity index (χ0v) is 8.17. The van der Waals surface area contributed by atoms with Gasteiger partial charge in [-0.25, -0.2) is 0 Å². The molecule has 70 valence electrons. The van der Waals surface area contributed by atoms with Crippen LogP contribution in [0.1, 0.15) is 20.3 Å². The SMILES string of the molecule is CC1C=CC2=C(N)C=CCC2(C)N1. The van der Waals surface area contributed by atoms with Crippen molar-refractivity contribution in [2.75, 3.05) is 0 Å². The largest absolute Gasteiger partial charge is 0.398 e. The molecule has 2 rings (SSSR count). The van der Waals surface area contributed by atoms with E-state index in [1.165, 1.54) is 5.57 Å². The van der Waals surface area contributed by atoms with E-state index >= 15 is 0 Å². The van der Waals surface area contributed by atoms with E-state index in [-0.39, 0.29) is 5.54 Å². The normalized spacial score (nSPS) is 37.8. The second kappa shape index (κ2) is 2.74. The maximum absolute atomic E-state index is 5.92. The summed E-state index contributed by atoms with van der Waals surface area (Å²) in [6.07, 6.45) is 9.47. The lowest BCUT2D eigenvalue weighted by molar-refractivity contribution is 0.385. The number of nitrogens with one attached hydrogen (secondary N) is 1. The van der Waals surface area contributed by atoms with Gasteiger partial charge in [-0.2, -0.15) is 0 Å². The highest BCUT2D eigenvalue weighted by atomic mass is 15.0. The van der Waals surface area contributed by atoms with Crippen LogP contribution >= 0.6 is 0 Å². The summed E-state index contributed by atoms with van der Waals surface area (Å²) in [5.41, 5.74) is 8.09. The molecule has 1 aliphatic heterocycles. The molecule has 2 unspecified atom stereocenters. The summed E-state index contributed by atoms with van der Waals surface area (Å²) < 4.78 is 0. The minimum atomic E-state index is 0.0486. The average Bonchev–Trinajstić information content (AvgIpc) is 2.02. The van der Waals surface area contributed by atoms with Crippen molar-refractivity contribution in [1.29, 1.82) is 0 Å². The molecule has 0 saturated heterocycles. The molecule has 0 spiro atoms. The highest BCUT2D eigenvalue weighted by Crippen LogP contribution is 2.31. The Morgan fingerprint density at radius 2 is 2.31 bits per heavy atom. The standard InChI is InChI=1S/C11H16N2/c1-8-5-6-9-10(12)4-3-7-11(9,2)13-8/h3-6,8,13H,7,12H2,1-2H3. The van der Waals surface area contributed by atoms with Crippen molar-refractivity contribution in [2.45, 2.75) is 31.8 Å². The minimum absolute atomic E-state index is 0.0486. The van der Waals surface area contributed by atoms with E-state index in [4.69, 9.17) is 5.73 Å². The Kier molecular flexibility index (Phi) is 1.81. The number of allylic oxidation sites excluding steroid dienone is 1. The van der Waals surface area contributed by atoms with Gasteiger partial charge in [-0.15, -0.1) is 0 Å². The second-order valence-corrected chi connectivity index (χ2v) is 4.10. The van der Waals surface area contributed by atoms with Crippen LogP contribution in [0.5, 0.6) is 0 Å². The van der Waals surface area contributed by atoms with E-state index in [1.54, 1.807) is 0 Å². The van der Waals surface area contributed by atoms with E-state index < -0.39 is 0 Å². The topological polar surface area (TPSA) is 38.0 Å². The lowest BCUT2D eigenvalue weighted by Gasteiger charge is -2.39. The summed E-state index contributed by atoms with van der Waals surface area (Å²) in [4.78, 5) is 0. The number of hydrogen-bond donors (Lipinski definition) is 2. The van der Waals surface area contributed by atoms with E-state index in [0.29, 0.717) is 6.04 Å².